The molecule has 0 aromatic heterocycles. The Kier molecular flexibility index (Phi) is 77.5. The molecule has 0 amide bonds. The Morgan fingerprint density at radius 2 is 0.444 bits per heavy atom. The lowest BCUT2D eigenvalue weighted by molar-refractivity contribution is -0.161. The highest BCUT2D eigenvalue weighted by atomic mass is 31.2. The summed E-state index contributed by atoms with van der Waals surface area (Å²) in [6, 6.07) is 0. The van der Waals surface area contributed by atoms with E-state index in [4.69, 9.17) is 37.0 Å². The first kappa shape index (κ1) is 106. The first-order chi connectivity index (χ1) is 52.3. The second-order valence-corrected chi connectivity index (χ2v) is 35.6. The molecule has 3 N–H and O–H groups in total. The van der Waals surface area contributed by atoms with Gasteiger partial charge in [-0.25, -0.2) is 9.13 Å². The zero-order valence-electron chi connectivity index (χ0n) is 71.3. The number of carbonyl (C=O) groups is 4. The van der Waals surface area contributed by atoms with Gasteiger partial charge in [-0.05, 0) is 43.4 Å². The van der Waals surface area contributed by atoms with Gasteiger partial charge in [0.2, 0.25) is 0 Å². The fourth-order valence-electron chi connectivity index (χ4n) is 13.8. The van der Waals surface area contributed by atoms with Crippen molar-refractivity contribution in [1.82, 2.24) is 0 Å². The van der Waals surface area contributed by atoms with E-state index in [0.29, 0.717) is 25.7 Å². The number of phosphoric acid groups is 2. The summed E-state index contributed by atoms with van der Waals surface area (Å²) in [6.45, 7) is 12.1. The third kappa shape index (κ3) is 78.0. The molecule has 0 rings (SSSR count). The van der Waals surface area contributed by atoms with E-state index in [2.05, 4.69) is 48.5 Å². The Morgan fingerprint density at radius 3 is 0.657 bits per heavy atom. The molecule has 108 heavy (non-hydrogen) atoms. The van der Waals surface area contributed by atoms with E-state index in [1.807, 2.05) is 0 Å². The van der Waals surface area contributed by atoms with E-state index >= 15 is 0 Å². The number of unbranched alkanes of at least 4 members (excludes halogenated alkanes) is 52. The van der Waals surface area contributed by atoms with Crippen LogP contribution in [0.15, 0.2) is 0 Å². The van der Waals surface area contributed by atoms with Gasteiger partial charge < -0.3 is 33.8 Å². The maximum absolute atomic E-state index is 13.2. The van der Waals surface area contributed by atoms with Crippen molar-refractivity contribution in [3.63, 3.8) is 0 Å². The number of esters is 4. The van der Waals surface area contributed by atoms with Crippen LogP contribution in [0.4, 0.5) is 0 Å². The Hall–Kier alpha value is -1.94. The molecule has 8 atom stereocenters. The Balaban J connectivity index is 5.27. The van der Waals surface area contributed by atoms with Crippen LogP contribution < -0.4 is 0 Å². The van der Waals surface area contributed by atoms with Gasteiger partial charge in [-0.3, -0.25) is 37.3 Å². The first-order valence-corrected chi connectivity index (χ1v) is 49.0. The maximum Gasteiger partial charge on any atom is 0.472 e. The van der Waals surface area contributed by atoms with E-state index in [1.165, 1.54) is 283 Å². The maximum atomic E-state index is 13.2. The van der Waals surface area contributed by atoms with Gasteiger partial charge in [0, 0.05) is 25.7 Å². The van der Waals surface area contributed by atoms with Gasteiger partial charge in [0.05, 0.1) is 26.4 Å². The molecule has 642 valence electrons. The van der Waals surface area contributed by atoms with E-state index in [1.54, 1.807) is 0 Å². The highest BCUT2D eigenvalue weighted by molar-refractivity contribution is 7.47. The fraction of sp³-hybridized carbons (Fsp3) is 0.955. The third-order valence-corrected chi connectivity index (χ3v) is 23.9. The van der Waals surface area contributed by atoms with Crippen molar-refractivity contribution in [2.45, 2.75) is 491 Å². The molecule has 0 aliphatic rings. The van der Waals surface area contributed by atoms with Crippen LogP contribution in [0.1, 0.15) is 472 Å². The minimum absolute atomic E-state index is 0.107. The average Bonchev–Trinajstić information content (AvgIpc) is 0.902. The smallest absolute Gasteiger partial charge is 0.462 e. The zero-order chi connectivity index (χ0) is 79.3. The molecule has 5 unspecified atom stereocenters. The number of ether oxygens (including phenoxy) is 4. The van der Waals surface area contributed by atoms with Gasteiger partial charge in [0.25, 0.3) is 0 Å². The molecule has 0 spiro atoms. The average molecular weight is 1580 g/mol. The van der Waals surface area contributed by atoms with Crippen molar-refractivity contribution >= 4 is 39.5 Å². The van der Waals surface area contributed by atoms with Gasteiger partial charge in [0.15, 0.2) is 12.2 Å². The van der Waals surface area contributed by atoms with Crippen molar-refractivity contribution in [3.8, 4) is 0 Å². The number of hydrogen-bond acceptors (Lipinski definition) is 15. The van der Waals surface area contributed by atoms with E-state index in [0.717, 1.165) is 108 Å². The standard InChI is InChI=1S/C89H174O17P2/c1-8-12-13-14-15-16-17-18-19-20-21-22-23-24-32-37-42-51-58-65-72-88(93)105-84(76-99-86(91)70-63-56-49-41-36-31-27-25-29-34-39-46-53-60-67-80(5)9-2)78-103-107(95,96)101-74-83(90)75-102-108(97,98)104-79-85(77-100-87(92)71-64-57-50-45-44-48-55-62-69-82(7)11-4)106-89(94)73-66-59-52-43-38-33-28-26-30-35-40-47-54-61-68-81(6)10-3/h80-85,90H,8-79H2,1-7H3,(H,95,96)(H,97,98)/t80?,81?,82?,83-,84-,85-/m1/s1. The molecule has 0 heterocycles. The molecule has 0 saturated carbocycles. The summed E-state index contributed by atoms with van der Waals surface area (Å²) in [6.07, 6.45) is 70.6. The van der Waals surface area contributed by atoms with Crippen LogP contribution in [0.25, 0.3) is 0 Å². The van der Waals surface area contributed by atoms with Gasteiger partial charge in [-0.1, -0.05) is 421 Å². The molecule has 0 aromatic rings. The minimum atomic E-state index is -4.97. The van der Waals surface area contributed by atoms with Crippen LogP contribution in [0.2, 0.25) is 0 Å². The Labute approximate surface area is 664 Å². The summed E-state index contributed by atoms with van der Waals surface area (Å²) in [7, 11) is -9.94. The molecule has 17 nitrogen and oxygen atoms in total. The van der Waals surface area contributed by atoms with E-state index < -0.39 is 97.5 Å². The molecule has 0 bridgehead atoms. The second-order valence-electron chi connectivity index (χ2n) is 32.7. The van der Waals surface area contributed by atoms with Crippen LogP contribution in [0.5, 0.6) is 0 Å². The predicted octanol–water partition coefficient (Wildman–Crippen LogP) is 27.3. The number of phosphoric ester groups is 2. The summed E-state index contributed by atoms with van der Waals surface area (Å²) >= 11 is 0. The summed E-state index contributed by atoms with van der Waals surface area (Å²) in [5, 5.41) is 10.7. The monoisotopic (exact) mass is 1580 g/mol. The molecule has 0 aliphatic heterocycles. The Morgan fingerprint density at radius 1 is 0.259 bits per heavy atom. The summed E-state index contributed by atoms with van der Waals surface area (Å²) < 4.78 is 69.0. The van der Waals surface area contributed by atoms with Gasteiger partial charge in [0.1, 0.15) is 19.3 Å². The van der Waals surface area contributed by atoms with Gasteiger partial charge in [-0.2, -0.15) is 0 Å². The van der Waals surface area contributed by atoms with Crippen molar-refractivity contribution in [2.75, 3.05) is 39.6 Å². The lowest BCUT2D eigenvalue weighted by atomic mass is 9.99. The lowest BCUT2D eigenvalue weighted by Crippen LogP contribution is -2.30. The second kappa shape index (κ2) is 78.9. The number of hydrogen-bond donors (Lipinski definition) is 3. The number of rotatable bonds is 87. The normalized spacial score (nSPS) is 14.6. The summed E-state index contributed by atoms with van der Waals surface area (Å²) in [4.78, 5) is 73.4. The van der Waals surface area contributed by atoms with Crippen LogP contribution in [-0.4, -0.2) is 96.7 Å². The lowest BCUT2D eigenvalue weighted by Gasteiger charge is -2.21. The molecule has 0 aromatic carbocycles. The molecule has 0 aliphatic carbocycles. The minimum Gasteiger partial charge on any atom is -0.462 e. The van der Waals surface area contributed by atoms with Crippen molar-refractivity contribution in [3.05, 3.63) is 0 Å². The van der Waals surface area contributed by atoms with Crippen LogP contribution in [0, 0.1) is 17.8 Å². The SMILES string of the molecule is CCCCCCCCCCCCCCCCCCCCCCC(=O)O[C@H](COC(=O)CCCCCCCCCCCCCCCCC(C)CC)COP(=O)(O)OC[C@@H](O)COP(=O)(O)OC[C@@H](COC(=O)CCCCCCCCCCC(C)CC)OC(=O)CCCCCCCCCCCCCCCCC(C)CC. The fourth-order valence-corrected chi connectivity index (χ4v) is 15.4. The zero-order valence-corrected chi connectivity index (χ0v) is 73.1. The topological polar surface area (TPSA) is 237 Å². The number of aliphatic hydroxyl groups excluding tert-OH is 1. The molecule has 0 fully saturated rings. The van der Waals surface area contributed by atoms with Gasteiger partial charge in [-0.15, -0.1) is 0 Å². The predicted molar refractivity (Wildman–Crippen MR) is 446 cm³/mol. The molecular weight excluding hydrogens is 1400 g/mol. The molecule has 0 radical (unpaired) electrons. The largest absolute Gasteiger partial charge is 0.472 e. The van der Waals surface area contributed by atoms with Crippen molar-refractivity contribution < 1.29 is 80.2 Å². The van der Waals surface area contributed by atoms with Crippen LogP contribution >= 0.6 is 15.6 Å². The summed E-state index contributed by atoms with van der Waals surface area (Å²) in [5.74, 6) is 0.373. The number of aliphatic hydroxyl groups is 1. The Bertz CT molecular complexity index is 2080. The summed E-state index contributed by atoms with van der Waals surface area (Å²) in [5.41, 5.74) is 0. The van der Waals surface area contributed by atoms with Crippen LogP contribution in [0.3, 0.4) is 0 Å². The highest BCUT2D eigenvalue weighted by Crippen LogP contribution is 2.45. The third-order valence-electron chi connectivity index (χ3n) is 22.0. The first-order valence-electron chi connectivity index (χ1n) is 46.0. The highest BCUT2D eigenvalue weighted by Gasteiger charge is 2.31. The van der Waals surface area contributed by atoms with E-state index in [9.17, 15) is 43.2 Å². The molecular formula is C89H174O17P2. The van der Waals surface area contributed by atoms with Crippen LogP contribution in [-0.2, 0) is 65.4 Å². The van der Waals surface area contributed by atoms with Gasteiger partial charge >= 0.3 is 39.5 Å². The van der Waals surface area contributed by atoms with E-state index in [-0.39, 0.29) is 25.7 Å². The molecule has 19 heteroatoms. The number of carbonyl (C=O) groups excluding carboxylic acids is 4. The molecule has 0 saturated heterocycles. The van der Waals surface area contributed by atoms with Crippen molar-refractivity contribution in [2.24, 2.45) is 17.8 Å². The van der Waals surface area contributed by atoms with Crippen molar-refractivity contribution in [1.29, 1.82) is 0 Å². The quantitative estimate of drug-likeness (QED) is 0.0222.